The van der Waals surface area contributed by atoms with E-state index in [9.17, 15) is 9.18 Å². The van der Waals surface area contributed by atoms with Crippen molar-refractivity contribution in [2.75, 3.05) is 25.9 Å². The highest BCUT2D eigenvalue weighted by Crippen LogP contribution is 2.17. The highest BCUT2D eigenvalue weighted by molar-refractivity contribution is 7.97. The molecular weight excluding hydrogens is 367 g/mol. The predicted molar refractivity (Wildman–Crippen MR) is 107 cm³/mol. The molecule has 0 aliphatic rings. The fourth-order valence-corrected chi connectivity index (χ4v) is 2.98. The zero-order valence-corrected chi connectivity index (χ0v) is 16.4. The molecule has 0 aliphatic carbocycles. The summed E-state index contributed by atoms with van der Waals surface area (Å²) in [6.07, 6.45) is 3.45. The number of aliphatic imine (C=N–C) groups is 1. The minimum Gasteiger partial charge on any atom is -0.459 e. The van der Waals surface area contributed by atoms with E-state index in [4.69, 9.17) is 4.42 Å². The summed E-state index contributed by atoms with van der Waals surface area (Å²) in [6.45, 7) is 4.08. The van der Waals surface area contributed by atoms with E-state index in [0.717, 1.165) is 16.9 Å². The summed E-state index contributed by atoms with van der Waals surface area (Å²) in [5.41, 5.74) is 1.95. The van der Waals surface area contributed by atoms with Crippen LogP contribution in [-0.2, 0) is 12.3 Å². The van der Waals surface area contributed by atoms with Crippen LogP contribution < -0.4 is 16.0 Å². The number of carbonyl (C=O) groups excluding carboxylic acids is 1. The summed E-state index contributed by atoms with van der Waals surface area (Å²) in [6, 6.07) is 8.08. The lowest BCUT2D eigenvalue weighted by Gasteiger charge is -2.12. The van der Waals surface area contributed by atoms with Crippen molar-refractivity contribution in [2.45, 2.75) is 19.2 Å². The zero-order chi connectivity index (χ0) is 19.5. The van der Waals surface area contributed by atoms with E-state index in [-0.39, 0.29) is 17.5 Å². The molecular formula is C19H25FN4O2S. The number of nitrogens with one attached hydrogen (secondary N) is 3. The molecule has 27 heavy (non-hydrogen) atoms. The number of carbonyl (C=O) groups is 1. The van der Waals surface area contributed by atoms with E-state index in [2.05, 4.69) is 20.9 Å². The molecule has 0 unspecified atom stereocenters. The molecule has 3 N–H and O–H groups in total. The number of hydrogen-bond donors (Lipinski definition) is 3. The Hall–Kier alpha value is -2.48. The molecule has 0 saturated carbocycles. The third-order valence-corrected chi connectivity index (χ3v) is 4.27. The minimum atomic E-state index is -0.253. The Morgan fingerprint density at radius 2 is 2.00 bits per heavy atom. The molecule has 0 fully saturated rings. The number of guanidine groups is 1. The molecule has 0 radical (unpaired) electrons. The Morgan fingerprint density at radius 1 is 1.19 bits per heavy atom. The van der Waals surface area contributed by atoms with Crippen molar-refractivity contribution in [3.63, 3.8) is 0 Å². The van der Waals surface area contributed by atoms with Crippen LogP contribution in [0, 0.1) is 5.82 Å². The number of halogens is 1. The van der Waals surface area contributed by atoms with Crippen LogP contribution in [0.4, 0.5) is 4.39 Å². The van der Waals surface area contributed by atoms with E-state index >= 15 is 0 Å². The van der Waals surface area contributed by atoms with Gasteiger partial charge < -0.3 is 20.4 Å². The topological polar surface area (TPSA) is 78.7 Å². The van der Waals surface area contributed by atoms with Crippen molar-refractivity contribution in [3.05, 3.63) is 59.3 Å². The second-order valence-electron chi connectivity index (χ2n) is 5.70. The Labute approximate surface area is 163 Å². The van der Waals surface area contributed by atoms with Gasteiger partial charge in [-0.05, 0) is 48.6 Å². The summed E-state index contributed by atoms with van der Waals surface area (Å²) < 4.78 is 18.5. The first-order valence-corrected chi connectivity index (χ1v) is 10.1. The van der Waals surface area contributed by atoms with Crippen LogP contribution in [-0.4, -0.2) is 37.8 Å². The van der Waals surface area contributed by atoms with Crippen LogP contribution in [0.15, 0.2) is 46.0 Å². The molecule has 1 heterocycles. The minimum absolute atomic E-state index is 0.232. The van der Waals surface area contributed by atoms with Gasteiger partial charge in [-0.3, -0.25) is 4.79 Å². The number of rotatable bonds is 9. The second kappa shape index (κ2) is 11.3. The van der Waals surface area contributed by atoms with Crippen LogP contribution in [0.5, 0.6) is 0 Å². The molecule has 0 aliphatic heterocycles. The largest absolute Gasteiger partial charge is 0.459 e. The van der Waals surface area contributed by atoms with Gasteiger partial charge in [-0.2, -0.15) is 11.8 Å². The molecule has 6 nitrogen and oxygen atoms in total. The smallest absolute Gasteiger partial charge is 0.287 e. The highest BCUT2D eigenvalue weighted by atomic mass is 32.2. The number of amides is 1. The number of nitrogens with zero attached hydrogens (tertiary/aromatic N) is 1. The van der Waals surface area contributed by atoms with Crippen LogP contribution >= 0.6 is 11.8 Å². The zero-order valence-electron chi connectivity index (χ0n) is 15.5. The van der Waals surface area contributed by atoms with E-state index < -0.39 is 0 Å². The average molecular weight is 393 g/mol. The maximum absolute atomic E-state index is 13.5. The number of thioether (sulfide) groups is 1. The van der Waals surface area contributed by atoms with Gasteiger partial charge in [0.05, 0.1) is 12.8 Å². The summed E-state index contributed by atoms with van der Waals surface area (Å²) in [5, 5.41) is 9.09. The standard InChI is InChI=1S/C19H25FN4O2S/c1-3-21-19(23-9-8-22-18(25)17-5-4-10-26-17)24-12-14-6-7-16(20)11-15(14)13-27-2/h4-7,10-11H,3,8-9,12-13H2,1-2H3,(H,22,25)(H2,21,23,24). The van der Waals surface area contributed by atoms with E-state index in [1.807, 2.05) is 13.2 Å². The number of hydrogen-bond acceptors (Lipinski definition) is 4. The monoisotopic (exact) mass is 392 g/mol. The van der Waals surface area contributed by atoms with Gasteiger partial charge in [0.25, 0.3) is 5.91 Å². The highest BCUT2D eigenvalue weighted by Gasteiger charge is 2.07. The maximum atomic E-state index is 13.5. The fourth-order valence-electron chi connectivity index (χ4n) is 2.40. The SMILES string of the molecule is CCNC(=NCc1ccc(F)cc1CSC)NCCNC(=O)c1ccco1. The Kier molecular flexibility index (Phi) is 8.70. The normalized spacial score (nSPS) is 11.3. The van der Waals surface area contributed by atoms with Gasteiger partial charge in [0.1, 0.15) is 5.82 Å². The summed E-state index contributed by atoms with van der Waals surface area (Å²) in [4.78, 5) is 16.4. The van der Waals surface area contributed by atoms with E-state index in [1.165, 1.54) is 12.3 Å². The number of furan rings is 1. The lowest BCUT2D eigenvalue weighted by molar-refractivity contribution is 0.0926. The molecule has 2 rings (SSSR count). The molecule has 0 saturated heterocycles. The Bertz CT molecular complexity index is 750. The fraction of sp³-hybridized carbons (Fsp3) is 0.368. The van der Waals surface area contributed by atoms with Gasteiger partial charge in [-0.15, -0.1) is 0 Å². The maximum Gasteiger partial charge on any atom is 0.287 e. The van der Waals surface area contributed by atoms with Crippen molar-refractivity contribution >= 4 is 23.6 Å². The summed E-state index contributed by atoms with van der Waals surface area (Å²) in [7, 11) is 0. The molecule has 1 amide bonds. The first-order valence-electron chi connectivity index (χ1n) is 8.74. The molecule has 0 spiro atoms. The van der Waals surface area contributed by atoms with E-state index in [0.29, 0.717) is 32.1 Å². The number of benzene rings is 1. The van der Waals surface area contributed by atoms with Crippen molar-refractivity contribution in [1.29, 1.82) is 0 Å². The van der Waals surface area contributed by atoms with Crippen LogP contribution in [0.2, 0.25) is 0 Å². The van der Waals surface area contributed by atoms with Gasteiger partial charge in [-0.25, -0.2) is 9.38 Å². The molecule has 8 heteroatoms. The lowest BCUT2D eigenvalue weighted by atomic mass is 10.1. The van der Waals surface area contributed by atoms with Crippen molar-refractivity contribution in [1.82, 2.24) is 16.0 Å². The summed E-state index contributed by atoms with van der Waals surface area (Å²) >= 11 is 1.65. The van der Waals surface area contributed by atoms with Crippen LogP contribution in [0.3, 0.4) is 0 Å². The van der Waals surface area contributed by atoms with Crippen molar-refractivity contribution in [2.24, 2.45) is 4.99 Å². The Morgan fingerprint density at radius 3 is 2.70 bits per heavy atom. The van der Waals surface area contributed by atoms with Crippen molar-refractivity contribution in [3.8, 4) is 0 Å². The molecule has 1 aromatic carbocycles. The third-order valence-electron chi connectivity index (χ3n) is 3.67. The van der Waals surface area contributed by atoms with Gasteiger partial charge in [0.2, 0.25) is 0 Å². The van der Waals surface area contributed by atoms with Gasteiger partial charge >= 0.3 is 0 Å². The molecule has 2 aromatic rings. The Balaban J connectivity index is 1.87. The van der Waals surface area contributed by atoms with Crippen LogP contribution in [0.25, 0.3) is 0 Å². The molecule has 0 bridgehead atoms. The molecule has 146 valence electrons. The van der Waals surface area contributed by atoms with Gasteiger partial charge in [0.15, 0.2) is 11.7 Å². The predicted octanol–water partition coefficient (Wildman–Crippen LogP) is 2.77. The summed E-state index contributed by atoms with van der Waals surface area (Å²) in [5.74, 6) is 1.18. The molecule has 1 aromatic heterocycles. The van der Waals surface area contributed by atoms with E-state index in [1.54, 1.807) is 36.0 Å². The van der Waals surface area contributed by atoms with Crippen molar-refractivity contribution < 1.29 is 13.6 Å². The van der Waals surface area contributed by atoms with Crippen LogP contribution in [0.1, 0.15) is 28.6 Å². The quantitative estimate of drug-likeness (QED) is 0.347. The second-order valence-corrected chi connectivity index (χ2v) is 6.57. The average Bonchev–Trinajstić information content (AvgIpc) is 3.19. The lowest BCUT2D eigenvalue weighted by Crippen LogP contribution is -2.41. The third kappa shape index (κ3) is 6.97. The van der Waals surface area contributed by atoms with Gasteiger partial charge in [0, 0.05) is 25.4 Å². The molecule has 0 atom stereocenters. The first-order chi connectivity index (χ1) is 13.1. The van der Waals surface area contributed by atoms with Gasteiger partial charge in [-0.1, -0.05) is 6.07 Å². The first kappa shape index (κ1) is 20.8.